The molecule has 0 saturated heterocycles. The quantitative estimate of drug-likeness (QED) is 0.429. The Hall–Kier alpha value is -2.24. The summed E-state index contributed by atoms with van der Waals surface area (Å²) in [5, 5.41) is 14.6. The number of nitrogens with one attached hydrogen (secondary N) is 2. The van der Waals surface area contributed by atoms with Gasteiger partial charge >= 0.3 is 0 Å². The molecule has 4 rings (SSSR count). The number of nitrogens with zero attached hydrogens (tertiary/aromatic N) is 1. The molecular formula is C26H34FN3O. The minimum Gasteiger partial charge on any atom is -0.392 e. The molecule has 2 atom stereocenters. The number of aromatic amines is 1. The predicted molar refractivity (Wildman–Crippen MR) is 124 cm³/mol. The number of aromatic nitrogens is 2. The fourth-order valence-electron chi connectivity index (χ4n) is 5.32. The molecule has 0 spiro atoms. The second-order valence-electron chi connectivity index (χ2n) is 9.21. The van der Waals surface area contributed by atoms with Crippen molar-refractivity contribution < 1.29 is 9.50 Å². The normalized spacial score (nSPS) is 21.0. The molecule has 2 unspecified atom stereocenters. The smallest absolute Gasteiger partial charge is 0.123 e. The molecule has 2 aromatic carbocycles. The first kappa shape index (κ1) is 22.0. The molecule has 5 heteroatoms. The largest absolute Gasteiger partial charge is 0.392 e. The molecule has 1 aliphatic carbocycles. The third kappa shape index (κ3) is 4.53. The summed E-state index contributed by atoms with van der Waals surface area (Å²) in [5.74, 6) is 1.14. The zero-order chi connectivity index (χ0) is 21.8. The van der Waals surface area contributed by atoms with E-state index >= 15 is 0 Å². The summed E-state index contributed by atoms with van der Waals surface area (Å²) < 4.78 is 13.8. The second kappa shape index (κ2) is 9.49. The summed E-state index contributed by atoms with van der Waals surface area (Å²) in [6, 6.07) is 13.2. The topological polar surface area (TPSA) is 60.9 Å². The monoisotopic (exact) mass is 423 g/mol. The van der Waals surface area contributed by atoms with Crippen LogP contribution < -0.4 is 5.32 Å². The Morgan fingerprint density at radius 2 is 2.03 bits per heavy atom. The minimum atomic E-state index is -0.389. The molecule has 1 heterocycles. The van der Waals surface area contributed by atoms with E-state index in [1.165, 1.54) is 0 Å². The fraction of sp³-hybridized carbons (Fsp3) is 0.500. The highest BCUT2D eigenvalue weighted by Gasteiger charge is 2.45. The fourth-order valence-corrected chi connectivity index (χ4v) is 5.32. The van der Waals surface area contributed by atoms with E-state index in [1.54, 1.807) is 12.1 Å². The van der Waals surface area contributed by atoms with Crippen molar-refractivity contribution in [3.8, 4) is 0 Å². The third-order valence-electron chi connectivity index (χ3n) is 7.05. The zero-order valence-electron chi connectivity index (χ0n) is 18.6. The van der Waals surface area contributed by atoms with Gasteiger partial charge in [0.2, 0.25) is 0 Å². The van der Waals surface area contributed by atoms with Gasteiger partial charge in [0.15, 0.2) is 0 Å². The van der Waals surface area contributed by atoms with Crippen LogP contribution >= 0.6 is 0 Å². The Morgan fingerprint density at radius 1 is 1.19 bits per heavy atom. The van der Waals surface area contributed by atoms with Crippen LogP contribution in [0.3, 0.4) is 0 Å². The van der Waals surface area contributed by atoms with Gasteiger partial charge in [-0.1, -0.05) is 32.0 Å². The number of unbranched alkanes of at least 4 members (excludes halogenated alkanes) is 1. The van der Waals surface area contributed by atoms with Crippen molar-refractivity contribution in [2.24, 2.45) is 5.92 Å². The van der Waals surface area contributed by atoms with Crippen LogP contribution in [0, 0.1) is 11.7 Å². The van der Waals surface area contributed by atoms with Gasteiger partial charge < -0.3 is 15.4 Å². The minimum absolute atomic E-state index is 0.185. The standard InChI is InChI=1S/C26H34FN3O/c1-18(2)26(21-12-11-20(27)17-19(21)10-13-24(26)31)14-16-28-15-6-5-9-25-29-22-7-3-4-8-23(22)30-25/h3-4,7-8,11-12,17-18,24,28,31H,5-6,9-10,13-16H2,1-2H3,(H,29,30). The number of halogens is 1. The molecule has 31 heavy (non-hydrogen) atoms. The average Bonchev–Trinajstić information content (AvgIpc) is 3.17. The van der Waals surface area contributed by atoms with Crippen molar-refractivity contribution in [1.29, 1.82) is 0 Å². The first-order chi connectivity index (χ1) is 15.0. The summed E-state index contributed by atoms with van der Waals surface area (Å²) in [5.41, 5.74) is 4.00. The molecule has 0 radical (unpaired) electrons. The highest BCUT2D eigenvalue weighted by atomic mass is 19.1. The van der Waals surface area contributed by atoms with E-state index in [4.69, 9.17) is 0 Å². The Balaban J connectivity index is 1.28. The van der Waals surface area contributed by atoms with Crippen LogP contribution in [0.5, 0.6) is 0 Å². The summed E-state index contributed by atoms with van der Waals surface area (Å²) >= 11 is 0. The summed E-state index contributed by atoms with van der Waals surface area (Å²) in [6.07, 6.45) is 5.02. The van der Waals surface area contributed by atoms with Gasteiger partial charge in [0.1, 0.15) is 11.6 Å². The van der Waals surface area contributed by atoms with Gasteiger partial charge in [0, 0.05) is 11.8 Å². The van der Waals surface area contributed by atoms with Crippen molar-refractivity contribution in [1.82, 2.24) is 15.3 Å². The summed E-state index contributed by atoms with van der Waals surface area (Å²) in [7, 11) is 0. The third-order valence-corrected chi connectivity index (χ3v) is 7.05. The Morgan fingerprint density at radius 3 is 2.84 bits per heavy atom. The van der Waals surface area contributed by atoms with E-state index < -0.39 is 0 Å². The van der Waals surface area contributed by atoms with Crippen LogP contribution in [0.25, 0.3) is 11.0 Å². The SMILES string of the molecule is CC(C)C1(CCNCCCCc2nc3ccccc3[nH]2)c2ccc(F)cc2CCC1O. The molecule has 0 bridgehead atoms. The molecule has 0 amide bonds. The number of hydrogen-bond donors (Lipinski definition) is 3. The van der Waals surface area contributed by atoms with Gasteiger partial charge in [-0.3, -0.25) is 0 Å². The highest BCUT2D eigenvalue weighted by molar-refractivity contribution is 5.74. The van der Waals surface area contributed by atoms with Crippen LogP contribution in [0.15, 0.2) is 42.5 Å². The number of benzene rings is 2. The molecule has 166 valence electrons. The van der Waals surface area contributed by atoms with Crippen molar-refractivity contribution >= 4 is 11.0 Å². The van der Waals surface area contributed by atoms with E-state index in [2.05, 4.69) is 35.2 Å². The number of H-pyrrole nitrogens is 1. The Labute approximate surface area is 184 Å². The lowest BCUT2D eigenvalue weighted by Crippen LogP contribution is -2.49. The zero-order valence-corrected chi connectivity index (χ0v) is 18.6. The maximum Gasteiger partial charge on any atom is 0.123 e. The number of aliphatic hydroxyl groups is 1. The number of aryl methyl sites for hydroxylation is 2. The first-order valence-corrected chi connectivity index (χ1v) is 11.6. The van der Waals surface area contributed by atoms with Crippen molar-refractivity contribution in [3.05, 3.63) is 65.2 Å². The number of aliphatic hydroxyl groups excluding tert-OH is 1. The molecule has 0 saturated carbocycles. The maximum atomic E-state index is 13.8. The number of imidazole rings is 1. The van der Waals surface area contributed by atoms with E-state index in [0.717, 1.165) is 73.2 Å². The van der Waals surface area contributed by atoms with Gasteiger partial charge in [-0.2, -0.15) is 0 Å². The molecule has 0 fully saturated rings. The highest BCUT2D eigenvalue weighted by Crippen LogP contribution is 2.45. The van der Waals surface area contributed by atoms with Gasteiger partial charge in [-0.15, -0.1) is 0 Å². The van der Waals surface area contributed by atoms with Crippen LogP contribution in [-0.4, -0.2) is 34.3 Å². The molecule has 3 N–H and O–H groups in total. The van der Waals surface area contributed by atoms with E-state index in [-0.39, 0.29) is 23.3 Å². The Kier molecular flexibility index (Phi) is 6.73. The van der Waals surface area contributed by atoms with Gasteiger partial charge in [-0.05, 0) is 86.5 Å². The van der Waals surface area contributed by atoms with Crippen LogP contribution in [0.4, 0.5) is 4.39 Å². The molecular weight excluding hydrogens is 389 g/mol. The lowest BCUT2D eigenvalue weighted by molar-refractivity contribution is 0.0285. The van der Waals surface area contributed by atoms with Crippen molar-refractivity contribution in [3.63, 3.8) is 0 Å². The Bertz CT molecular complexity index is 982. The number of para-hydroxylation sites is 2. The number of hydrogen-bond acceptors (Lipinski definition) is 3. The molecule has 3 aromatic rings. The van der Waals surface area contributed by atoms with Gasteiger partial charge in [0.05, 0.1) is 17.1 Å². The lowest BCUT2D eigenvalue weighted by Gasteiger charge is -2.46. The van der Waals surface area contributed by atoms with Crippen LogP contribution in [-0.2, 0) is 18.3 Å². The van der Waals surface area contributed by atoms with Crippen molar-refractivity contribution in [2.45, 2.75) is 63.9 Å². The predicted octanol–water partition coefficient (Wildman–Crippen LogP) is 4.91. The summed E-state index contributed by atoms with van der Waals surface area (Å²) in [6.45, 7) is 6.14. The second-order valence-corrected chi connectivity index (χ2v) is 9.21. The first-order valence-electron chi connectivity index (χ1n) is 11.6. The van der Waals surface area contributed by atoms with E-state index in [9.17, 15) is 9.50 Å². The molecule has 1 aromatic heterocycles. The van der Waals surface area contributed by atoms with Gasteiger partial charge in [0.25, 0.3) is 0 Å². The molecule has 4 nitrogen and oxygen atoms in total. The van der Waals surface area contributed by atoms with Crippen molar-refractivity contribution in [2.75, 3.05) is 13.1 Å². The van der Waals surface area contributed by atoms with Crippen LogP contribution in [0.2, 0.25) is 0 Å². The summed E-state index contributed by atoms with van der Waals surface area (Å²) in [4.78, 5) is 8.03. The molecule has 0 aliphatic heterocycles. The van der Waals surface area contributed by atoms with Crippen LogP contribution in [0.1, 0.15) is 56.5 Å². The van der Waals surface area contributed by atoms with E-state index in [0.29, 0.717) is 6.42 Å². The number of rotatable bonds is 9. The maximum absolute atomic E-state index is 13.8. The average molecular weight is 424 g/mol. The number of fused-ring (bicyclic) bond motifs is 2. The van der Waals surface area contributed by atoms with E-state index in [1.807, 2.05) is 24.3 Å². The molecule has 1 aliphatic rings. The van der Waals surface area contributed by atoms with Gasteiger partial charge in [-0.25, -0.2) is 9.37 Å². The lowest BCUT2D eigenvalue weighted by atomic mass is 9.60.